The van der Waals surface area contributed by atoms with Crippen LogP contribution in [0.2, 0.25) is 0 Å². The van der Waals surface area contributed by atoms with Gasteiger partial charge >= 0.3 is 0 Å². The van der Waals surface area contributed by atoms with Gasteiger partial charge in [0.05, 0.1) is 0 Å². The Labute approximate surface area is 181 Å². The van der Waals surface area contributed by atoms with Gasteiger partial charge in [-0.3, -0.25) is 4.79 Å². The molecule has 0 aliphatic rings. The van der Waals surface area contributed by atoms with Crippen LogP contribution in [0.4, 0.5) is 0 Å². The lowest BCUT2D eigenvalue weighted by molar-refractivity contribution is -0.117. The van der Waals surface area contributed by atoms with Crippen LogP contribution in [0.25, 0.3) is 34.0 Å². The molecule has 0 fully saturated rings. The van der Waals surface area contributed by atoms with Gasteiger partial charge < -0.3 is 15.5 Å². The summed E-state index contributed by atoms with van der Waals surface area (Å²) in [6, 6.07) is 24.3. The second-order valence-electron chi connectivity index (χ2n) is 7.35. The highest BCUT2D eigenvalue weighted by Crippen LogP contribution is 2.32. The maximum absolute atomic E-state index is 10.8. The average molecular weight is 412 g/mol. The molecule has 4 aromatic rings. The molecule has 0 saturated heterocycles. The number of nitrogens with zero attached hydrogens (tertiary/aromatic N) is 2. The molecule has 0 atom stereocenters. The first kappa shape index (κ1) is 20.5. The Morgan fingerprint density at radius 3 is 2.42 bits per heavy atom. The molecule has 3 aromatic carbocycles. The molecule has 1 heterocycles. The molecule has 1 amide bonds. The van der Waals surface area contributed by atoms with E-state index in [4.69, 9.17) is 10.2 Å². The second kappa shape index (κ2) is 9.36. The monoisotopic (exact) mass is 412 g/mol. The average Bonchev–Trinajstić information content (AvgIpc) is 3.28. The minimum Gasteiger partial charge on any atom is -0.416 e. The van der Waals surface area contributed by atoms with Crippen molar-refractivity contribution in [2.24, 2.45) is 5.73 Å². The van der Waals surface area contributed by atoms with Gasteiger partial charge in [-0.15, -0.1) is 10.2 Å². The fourth-order valence-corrected chi connectivity index (χ4v) is 3.51. The van der Waals surface area contributed by atoms with Gasteiger partial charge in [0, 0.05) is 30.6 Å². The predicted molar refractivity (Wildman–Crippen MR) is 121 cm³/mol. The Balaban J connectivity index is 1.55. The van der Waals surface area contributed by atoms with Crippen LogP contribution >= 0.6 is 0 Å². The summed E-state index contributed by atoms with van der Waals surface area (Å²) in [6.07, 6.45) is 0.314. The second-order valence-corrected chi connectivity index (χ2v) is 7.35. The van der Waals surface area contributed by atoms with Crippen molar-refractivity contribution in [2.45, 2.75) is 19.9 Å². The topological polar surface area (TPSA) is 94.0 Å². The van der Waals surface area contributed by atoms with E-state index in [1.54, 1.807) is 0 Å². The Hall–Kier alpha value is -3.77. The maximum Gasteiger partial charge on any atom is 0.248 e. The lowest BCUT2D eigenvalue weighted by Crippen LogP contribution is -2.21. The summed E-state index contributed by atoms with van der Waals surface area (Å²) >= 11 is 0. The number of nitrogens with two attached hydrogens (primary N) is 1. The number of carbonyl (C=O) groups excluding carboxylic acids is 1. The van der Waals surface area contributed by atoms with Crippen LogP contribution < -0.4 is 11.1 Å². The first-order valence-corrected chi connectivity index (χ1v) is 10.2. The number of amides is 1. The molecular formula is C25H24N4O2. The van der Waals surface area contributed by atoms with Crippen LogP contribution in [-0.2, 0) is 11.3 Å². The molecule has 0 radical (unpaired) electrons. The highest BCUT2D eigenvalue weighted by Gasteiger charge is 2.15. The van der Waals surface area contributed by atoms with Crippen LogP contribution in [0.15, 0.2) is 77.2 Å². The number of hydrogen-bond acceptors (Lipinski definition) is 5. The number of hydrogen-bond donors (Lipinski definition) is 2. The smallest absolute Gasteiger partial charge is 0.248 e. The molecule has 0 bridgehead atoms. The number of nitrogens with one attached hydrogen (secondary N) is 1. The quantitative estimate of drug-likeness (QED) is 0.420. The maximum atomic E-state index is 10.8. The van der Waals surface area contributed by atoms with Crippen LogP contribution in [0.1, 0.15) is 17.5 Å². The Morgan fingerprint density at radius 2 is 1.61 bits per heavy atom. The summed E-state index contributed by atoms with van der Waals surface area (Å²) in [7, 11) is 0. The standard InChI is InChI=1S/C25H24N4O2/c1-17-21(19-8-3-2-4-9-19)11-6-12-22(17)25-29-28-24(31-25)20-10-5-7-18(15-20)16-27-14-13-23(26)30/h2-12,15,27H,13-14,16H2,1H3,(H2,26,30). The Kier molecular flexibility index (Phi) is 6.19. The number of primary amides is 1. The predicted octanol–water partition coefficient (Wildman–Crippen LogP) is 4.34. The molecule has 0 spiro atoms. The summed E-state index contributed by atoms with van der Waals surface area (Å²) in [4.78, 5) is 10.8. The van der Waals surface area contributed by atoms with Crippen molar-refractivity contribution in [3.63, 3.8) is 0 Å². The Bertz CT molecular complexity index is 1190. The number of aromatic nitrogens is 2. The lowest BCUT2D eigenvalue weighted by atomic mass is 9.96. The number of carbonyl (C=O) groups is 1. The molecule has 156 valence electrons. The third kappa shape index (κ3) is 4.87. The highest BCUT2D eigenvalue weighted by molar-refractivity contribution is 5.75. The van der Waals surface area contributed by atoms with Gasteiger partial charge in [0.25, 0.3) is 0 Å². The van der Waals surface area contributed by atoms with Crippen molar-refractivity contribution in [3.8, 4) is 34.0 Å². The fraction of sp³-hybridized carbons (Fsp3) is 0.160. The van der Waals surface area contributed by atoms with Gasteiger partial charge in [0.15, 0.2) is 0 Å². The van der Waals surface area contributed by atoms with Gasteiger partial charge in [0.2, 0.25) is 17.7 Å². The van der Waals surface area contributed by atoms with Gasteiger partial charge in [-0.25, -0.2) is 0 Å². The minimum atomic E-state index is -0.314. The van der Waals surface area contributed by atoms with Crippen molar-refractivity contribution >= 4 is 5.91 Å². The molecule has 4 rings (SSSR count). The SMILES string of the molecule is Cc1c(-c2ccccc2)cccc1-c1nnc(-c2cccc(CNCCC(N)=O)c2)o1. The molecule has 6 heteroatoms. The van der Waals surface area contributed by atoms with Gasteiger partial charge in [-0.2, -0.15) is 0 Å². The lowest BCUT2D eigenvalue weighted by Gasteiger charge is -2.09. The molecule has 1 aromatic heterocycles. The van der Waals surface area contributed by atoms with Crippen molar-refractivity contribution in [2.75, 3.05) is 6.54 Å². The molecule has 6 nitrogen and oxygen atoms in total. The molecular weight excluding hydrogens is 388 g/mol. The van der Waals surface area contributed by atoms with E-state index >= 15 is 0 Å². The van der Waals surface area contributed by atoms with Crippen LogP contribution in [0.3, 0.4) is 0 Å². The summed E-state index contributed by atoms with van der Waals surface area (Å²) in [5, 5.41) is 11.8. The van der Waals surface area contributed by atoms with Crippen molar-refractivity contribution in [3.05, 3.63) is 83.9 Å². The van der Waals surface area contributed by atoms with Crippen molar-refractivity contribution < 1.29 is 9.21 Å². The summed E-state index contributed by atoms with van der Waals surface area (Å²) in [6.45, 7) is 3.24. The summed E-state index contributed by atoms with van der Waals surface area (Å²) in [5.74, 6) is 0.653. The first-order chi connectivity index (χ1) is 15.1. The molecule has 3 N–H and O–H groups in total. The molecule has 0 aliphatic carbocycles. The van der Waals surface area contributed by atoms with Gasteiger partial charge in [-0.05, 0) is 47.4 Å². The van der Waals surface area contributed by atoms with Crippen LogP contribution in [-0.4, -0.2) is 22.6 Å². The Morgan fingerprint density at radius 1 is 0.903 bits per heavy atom. The zero-order valence-corrected chi connectivity index (χ0v) is 17.3. The van der Waals surface area contributed by atoms with E-state index in [2.05, 4.69) is 40.6 Å². The van der Waals surface area contributed by atoms with E-state index in [0.717, 1.165) is 33.4 Å². The largest absolute Gasteiger partial charge is 0.416 e. The molecule has 0 aliphatic heterocycles. The van der Waals surface area contributed by atoms with E-state index in [-0.39, 0.29) is 5.91 Å². The van der Waals surface area contributed by atoms with E-state index in [9.17, 15) is 4.79 Å². The molecule has 0 saturated carbocycles. The summed E-state index contributed by atoms with van der Waals surface area (Å²) in [5.41, 5.74) is 11.4. The number of benzene rings is 3. The van der Waals surface area contributed by atoms with Crippen LogP contribution in [0.5, 0.6) is 0 Å². The fourth-order valence-electron chi connectivity index (χ4n) is 3.51. The van der Waals surface area contributed by atoms with Gasteiger partial charge in [-0.1, -0.05) is 54.6 Å². The van der Waals surface area contributed by atoms with E-state index in [1.165, 1.54) is 0 Å². The van der Waals surface area contributed by atoms with E-state index in [1.807, 2.05) is 54.6 Å². The van der Waals surface area contributed by atoms with E-state index < -0.39 is 0 Å². The highest BCUT2D eigenvalue weighted by atomic mass is 16.4. The normalized spacial score (nSPS) is 10.9. The third-order valence-electron chi connectivity index (χ3n) is 5.13. The van der Waals surface area contributed by atoms with Crippen molar-refractivity contribution in [1.82, 2.24) is 15.5 Å². The molecule has 31 heavy (non-hydrogen) atoms. The zero-order chi connectivity index (χ0) is 21.6. The minimum absolute atomic E-state index is 0.314. The zero-order valence-electron chi connectivity index (χ0n) is 17.3. The first-order valence-electron chi connectivity index (χ1n) is 10.2. The van der Waals surface area contributed by atoms with E-state index in [0.29, 0.717) is 31.3 Å². The molecule has 0 unspecified atom stereocenters. The van der Waals surface area contributed by atoms with Crippen LogP contribution in [0, 0.1) is 6.92 Å². The third-order valence-corrected chi connectivity index (χ3v) is 5.13. The van der Waals surface area contributed by atoms with Gasteiger partial charge in [0.1, 0.15) is 0 Å². The van der Waals surface area contributed by atoms with Crippen molar-refractivity contribution in [1.29, 1.82) is 0 Å². The summed E-state index contributed by atoms with van der Waals surface area (Å²) < 4.78 is 6.04. The number of rotatable bonds is 8.